The zero-order chi connectivity index (χ0) is 15.6. The van der Waals surface area contributed by atoms with Crippen LogP contribution in [0.5, 0.6) is 0 Å². The van der Waals surface area contributed by atoms with Crippen LogP contribution in [0.25, 0.3) is 0 Å². The van der Waals surface area contributed by atoms with E-state index in [9.17, 15) is 13.5 Å². The van der Waals surface area contributed by atoms with Crippen LogP contribution in [0.4, 0.5) is 5.69 Å². The van der Waals surface area contributed by atoms with Crippen LogP contribution in [-0.2, 0) is 16.4 Å². The van der Waals surface area contributed by atoms with Gasteiger partial charge < -0.3 is 10.0 Å². The molecule has 1 unspecified atom stereocenters. The van der Waals surface area contributed by atoms with Gasteiger partial charge in [0, 0.05) is 30.2 Å². The maximum Gasteiger partial charge on any atom is 0.169 e. The minimum Gasteiger partial charge on any atom is -0.390 e. The predicted molar refractivity (Wildman–Crippen MR) is 85.3 cm³/mol. The molecule has 1 atom stereocenters. The molecule has 6 nitrogen and oxygen atoms in total. The lowest BCUT2D eigenvalue weighted by Gasteiger charge is -2.36. The van der Waals surface area contributed by atoms with Crippen LogP contribution in [0.3, 0.4) is 0 Å². The minimum atomic E-state index is -3.21. The SMILES string of the molecule is CC(C)c1ncc(N2CCSCC2S(C)(=O)=O)c(CO)n1. The fraction of sp³-hybridized carbons (Fsp3) is 0.692. The first-order valence-corrected chi connectivity index (χ1v) is 9.95. The highest BCUT2D eigenvalue weighted by Crippen LogP contribution is 2.29. The van der Waals surface area contributed by atoms with Crippen molar-refractivity contribution in [3.8, 4) is 0 Å². The van der Waals surface area contributed by atoms with E-state index in [0.29, 0.717) is 29.5 Å². The summed E-state index contributed by atoms with van der Waals surface area (Å²) in [5.74, 6) is 2.19. The van der Waals surface area contributed by atoms with Gasteiger partial charge in [-0.1, -0.05) is 13.8 Å². The molecule has 0 aliphatic carbocycles. The molecule has 2 heterocycles. The third kappa shape index (κ3) is 3.67. The van der Waals surface area contributed by atoms with Gasteiger partial charge in [-0.3, -0.25) is 0 Å². The van der Waals surface area contributed by atoms with E-state index in [2.05, 4.69) is 9.97 Å². The van der Waals surface area contributed by atoms with E-state index in [1.165, 1.54) is 6.26 Å². The minimum absolute atomic E-state index is 0.159. The largest absolute Gasteiger partial charge is 0.390 e. The normalized spacial score (nSPS) is 20.0. The van der Waals surface area contributed by atoms with Gasteiger partial charge in [-0.05, 0) is 0 Å². The zero-order valence-corrected chi connectivity index (χ0v) is 14.1. The predicted octanol–water partition coefficient (Wildman–Crippen LogP) is 1.02. The standard InChI is InChI=1S/C13H21N3O3S2/c1-9(2)13-14-6-11(10(7-17)15-13)16-4-5-20-8-12(16)21(3,18)19/h6,9,12,17H,4-5,7-8H2,1-3H3. The molecule has 0 amide bonds. The number of nitrogens with zero attached hydrogens (tertiary/aromatic N) is 3. The van der Waals surface area contributed by atoms with E-state index < -0.39 is 15.2 Å². The first-order valence-electron chi connectivity index (χ1n) is 6.84. The lowest BCUT2D eigenvalue weighted by Crippen LogP contribution is -2.47. The Morgan fingerprint density at radius 3 is 2.81 bits per heavy atom. The molecule has 1 aliphatic heterocycles. The second kappa shape index (κ2) is 6.50. The molecule has 0 bridgehead atoms. The summed E-state index contributed by atoms with van der Waals surface area (Å²) in [6, 6.07) is 0. The Morgan fingerprint density at radius 1 is 1.52 bits per heavy atom. The van der Waals surface area contributed by atoms with Gasteiger partial charge >= 0.3 is 0 Å². The molecule has 0 saturated carbocycles. The molecule has 1 aromatic rings. The van der Waals surface area contributed by atoms with Crippen molar-refractivity contribution >= 4 is 27.3 Å². The number of hydrogen-bond donors (Lipinski definition) is 1. The van der Waals surface area contributed by atoms with Crippen LogP contribution in [0.1, 0.15) is 31.3 Å². The molecule has 1 aromatic heterocycles. The molecule has 1 fully saturated rings. The molecule has 118 valence electrons. The molecule has 1 aliphatic rings. The van der Waals surface area contributed by atoms with Crippen molar-refractivity contribution in [2.75, 3.05) is 29.2 Å². The van der Waals surface area contributed by atoms with Crippen LogP contribution in [0.2, 0.25) is 0 Å². The molecular weight excluding hydrogens is 310 g/mol. The van der Waals surface area contributed by atoms with Crippen molar-refractivity contribution in [1.29, 1.82) is 0 Å². The maximum atomic E-state index is 12.0. The molecule has 0 aromatic carbocycles. The quantitative estimate of drug-likeness (QED) is 0.881. The van der Waals surface area contributed by atoms with Crippen molar-refractivity contribution in [3.63, 3.8) is 0 Å². The van der Waals surface area contributed by atoms with Gasteiger partial charge in [0.05, 0.1) is 24.2 Å². The van der Waals surface area contributed by atoms with Crippen LogP contribution in [-0.4, -0.2) is 53.2 Å². The second-order valence-corrected chi connectivity index (χ2v) is 8.78. The van der Waals surface area contributed by atoms with Gasteiger partial charge in [-0.2, -0.15) is 11.8 Å². The van der Waals surface area contributed by atoms with Crippen molar-refractivity contribution < 1.29 is 13.5 Å². The molecule has 0 spiro atoms. The molecule has 0 radical (unpaired) electrons. The van der Waals surface area contributed by atoms with Crippen LogP contribution < -0.4 is 4.90 Å². The average molecular weight is 331 g/mol. The molecule has 1 saturated heterocycles. The number of hydrogen-bond acceptors (Lipinski definition) is 7. The fourth-order valence-corrected chi connectivity index (χ4v) is 5.10. The van der Waals surface area contributed by atoms with E-state index in [-0.39, 0.29) is 12.5 Å². The Balaban J connectivity index is 2.43. The van der Waals surface area contributed by atoms with Crippen LogP contribution >= 0.6 is 11.8 Å². The summed E-state index contributed by atoms with van der Waals surface area (Å²) in [4.78, 5) is 10.5. The summed E-state index contributed by atoms with van der Waals surface area (Å²) >= 11 is 1.63. The smallest absolute Gasteiger partial charge is 0.169 e. The van der Waals surface area contributed by atoms with E-state index in [1.54, 1.807) is 18.0 Å². The number of aromatic nitrogens is 2. The lowest BCUT2D eigenvalue weighted by molar-refractivity contribution is 0.276. The highest BCUT2D eigenvalue weighted by molar-refractivity contribution is 8.01. The van der Waals surface area contributed by atoms with E-state index >= 15 is 0 Å². The number of rotatable bonds is 4. The Morgan fingerprint density at radius 2 is 2.24 bits per heavy atom. The summed E-state index contributed by atoms with van der Waals surface area (Å²) < 4.78 is 24.0. The third-order valence-corrected chi connectivity index (χ3v) is 6.06. The number of anilines is 1. The summed E-state index contributed by atoms with van der Waals surface area (Å²) in [6.45, 7) is 4.34. The van der Waals surface area contributed by atoms with E-state index in [1.807, 2.05) is 18.7 Å². The first-order chi connectivity index (χ1) is 9.84. The van der Waals surface area contributed by atoms with Gasteiger partial charge in [0.1, 0.15) is 11.2 Å². The number of thioether (sulfide) groups is 1. The van der Waals surface area contributed by atoms with Crippen molar-refractivity contribution in [2.45, 2.75) is 31.7 Å². The summed E-state index contributed by atoms with van der Waals surface area (Å²) in [6.07, 6.45) is 2.89. The van der Waals surface area contributed by atoms with Crippen molar-refractivity contribution in [2.24, 2.45) is 0 Å². The van der Waals surface area contributed by atoms with Gasteiger partial charge in [-0.15, -0.1) is 0 Å². The fourth-order valence-electron chi connectivity index (χ4n) is 2.27. The maximum absolute atomic E-state index is 12.0. The average Bonchev–Trinajstić information content (AvgIpc) is 2.45. The van der Waals surface area contributed by atoms with E-state index in [0.717, 1.165) is 5.75 Å². The number of aliphatic hydroxyl groups is 1. The van der Waals surface area contributed by atoms with Gasteiger partial charge in [0.2, 0.25) is 0 Å². The summed E-state index contributed by atoms with van der Waals surface area (Å²) in [5.41, 5.74) is 1.12. The van der Waals surface area contributed by atoms with Crippen molar-refractivity contribution in [1.82, 2.24) is 9.97 Å². The Hall–Kier alpha value is -0.860. The van der Waals surface area contributed by atoms with E-state index in [4.69, 9.17) is 0 Å². The van der Waals surface area contributed by atoms with Crippen molar-refractivity contribution in [3.05, 3.63) is 17.7 Å². The third-order valence-electron chi connectivity index (χ3n) is 3.42. The molecular formula is C13H21N3O3S2. The Bertz CT molecular complexity index is 605. The van der Waals surface area contributed by atoms with Gasteiger partial charge in [0.25, 0.3) is 0 Å². The Kier molecular flexibility index (Phi) is 5.11. The number of aliphatic hydroxyl groups excluding tert-OH is 1. The van der Waals surface area contributed by atoms with Crippen LogP contribution in [0.15, 0.2) is 6.20 Å². The van der Waals surface area contributed by atoms with Crippen LogP contribution in [0, 0.1) is 0 Å². The molecule has 21 heavy (non-hydrogen) atoms. The van der Waals surface area contributed by atoms with Gasteiger partial charge in [0.15, 0.2) is 9.84 Å². The Labute approximate surface area is 129 Å². The summed E-state index contributed by atoms with van der Waals surface area (Å²) in [5, 5.41) is 8.98. The summed E-state index contributed by atoms with van der Waals surface area (Å²) in [7, 11) is -3.21. The molecule has 8 heteroatoms. The lowest BCUT2D eigenvalue weighted by atomic mass is 10.2. The topological polar surface area (TPSA) is 83.4 Å². The molecule has 1 N–H and O–H groups in total. The monoisotopic (exact) mass is 331 g/mol. The highest BCUT2D eigenvalue weighted by atomic mass is 32.2. The zero-order valence-electron chi connectivity index (χ0n) is 12.5. The first kappa shape index (κ1) is 16.5. The molecule has 2 rings (SSSR count). The number of sulfone groups is 1. The van der Waals surface area contributed by atoms with Gasteiger partial charge in [-0.25, -0.2) is 18.4 Å². The second-order valence-electron chi connectivity index (χ2n) is 5.43. The highest BCUT2D eigenvalue weighted by Gasteiger charge is 2.32.